The highest BCUT2D eigenvalue weighted by molar-refractivity contribution is 5.71. The molecule has 0 spiro atoms. The van der Waals surface area contributed by atoms with Crippen LogP contribution in [0.3, 0.4) is 0 Å². The van der Waals surface area contributed by atoms with Crippen molar-refractivity contribution in [1.29, 1.82) is 0 Å². The minimum atomic E-state index is 0.949. The standard InChI is InChI=1S/C18H23N/c1-5-19-12-16-8-9-17(15(4)11-16)18-10-13(2)6-7-14(18)3/h6-11,19H,5,12H2,1-4H3. The Morgan fingerprint density at radius 1 is 0.842 bits per heavy atom. The van der Waals surface area contributed by atoms with E-state index in [4.69, 9.17) is 0 Å². The van der Waals surface area contributed by atoms with E-state index in [9.17, 15) is 0 Å². The fourth-order valence-corrected chi connectivity index (χ4v) is 2.43. The average Bonchev–Trinajstić information content (AvgIpc) is 2.40. The van der Waals surface area contributed by atoms with Crippen LogP contribution in [0.1, 0.15) is 29.2 Å². The Hall–Kier alpha value is -1.60. The van der Waals surface area contributed by atoms with Crippen LogP contribution in [0.25, 0.3) is 11.1 Å². The maximum atomic E-state index is 3.37. The maximum Gasteiger partial charge on any atom is 0.0205 e. The molecule has 0 aliphatic heterocycles. The normalized spacial score (nSPS) is 10.7. The second-order valence-corrected chi connectivity index (χ2v) is 5.25. The lowest BCUT2D eigenvalue weighted by molar-refractivity contribution is 0.726. The van der Waals surface area contributed by atoms with Crippen molar-refractivity contribution >= 4 is 0 Å². The molecule has 0 aliphatic rings. The molecule has 2 aromatic carbocycles. The molecule has 0 saturated heterocycles. The first kappa shape index (κ1) is 13.8. The summed E-state index contributed by atoms with van der Waals surface area (Å²) in [7, 11) is 0. The summed E-state index contributed by atoms with van der Waals surface area (Å²) >= 11 is 0. The first-order chi connectivity index (χ1) is 9.11. The van der Waals surface area contributed by atoms with E-state index in [1.54, 1.807) is 0 Å². The summed E-state index contributed by atoms with van der Waals surface area (Å²) in [4.78, 5) is 0. The first-order valence-corrected chi connectivity index (χ1v) is 6.99. The smallest absolute Gasteiger partial charge is 0.0205 e. The van der Waals surface area contributed by atoms with Gasteiger partial charge in [-0.05, 0) is 55.1 Å². The monoisotopic (exact) mass is 253 g/mol. The van der Waals surface area contributed by atoms with Crippen molar-refractivity contribution in [2.45, 2.75) is 34.2 Å². The van der Waals surface area contributed by atoms with Crippen LogP contribution in [0.4, 0.5) is 0 Å². The highest BCUT2D eigenvalue weighted by atomic mass is 14.8. The molecule has 0 saturated carbocycles. The zero-order chi connectivity index (χ0) is 13.8. The van der Waals surface area contributed by atoms with Gasteiger partial charge < -0.3 is 5.32 Å². The second-order valence-electron chi connectivity index (χ2n) is 5.25. The molecule has 1 N–H and O–H groups in total. The van der Waals surface area contributed by atoms with Crippen molar-refractivity contribution in [2.75, 3.05) is 6.54 Å². The van der Waals surface area contributed by atoms with Crippen molar-refractivity contribution in [1.82, 2.24) is 5.32 Å². The summed E-state index contributed by atoms with van der Waals surface area (Å²) in [5.41, 5.74) is 8.07. The highest BCUT2D eigenvalue weighted by Crippen LogP contribution is 2.28. The number of hydrogen-bond donors (Lipinski definition) is 1. The molecule has 0 amide bonds. The Balaban J connectivity index is 2.37. The molecule has 0 unspecified atom stereocenters. The Morgan fingerprint density at radius 3 is 2.32 bits per heavy atom. The minimum Gasteiger partial charge on any atom is -0.313 e. The molecule has 0 heterocycles. The lowest BCUT2D eigenvalue weighted by Crippen LogP contribution is -2.11. The average molecular weight is 253 g/mol. The molecule has 0 atom stereocenters. The van der Waals surface area contributed by atoms with E-state index in [2.05, 4.69) is 69.4 Å². The zero-order valence-corrected chi connectivity index (χ0v) is 12.4. The van der Waals surface area contributed by atoms with Crippen molar-refractivity contribution in [3.05, 3.63) is 58.7 Å². The maximum absolute atomic E-state index is 3.37. The number of aryl methyl sites for hydroxylation is 3. The summed E-state index contributed by atoms with van der Waals surface area (Å²) < 4.78 is 0. The Bertz CT molecular complexity index is 570. The predicted molar refractivity (Wildman–Crippen MR) is 83.5 cm³/mol. The fourth-order valence-electron chi connectivity index (χ4n) is 2.43. The summed E-state index contributed by atoms with van der Waals surface area (Å²) in [6.45, 7) is 10.6. The molecule has 2 aromatic rings. The Kier molecular flexibility index (Phi) is 4.39. The molecule has 0 aliphatic carbocycles. The van der Waals surface area contributed by atoms with E-state index in [1.165, 1.54) is 33.4 Å². The van der Waals surface area contributed by atoms with Crippen molar-refractivity contribution in [3.8, 4) is 11.1 Å². The van der Waals surface area contributed by atoms with Crippen molar-refractivity contribution in [3.63, 3.8) is 0 Å². The van der Waals surface area contributed by atoms with Gasteiger partial charge in [-0.3, -0.25) is 0 Å². The molecule has 0 aromatic heterocycles. The van der Waals surface area contributed by atoms with Crippen molar-refractivity contribution < 1.29 is 0 Å². The summed E-state index contributed by atoms with van der Waals surface area (Å²) in [6.07, 6.45) is 0. The molecule has 0 bridgehead atoms. The predicted octanol–water partition coefficient (Wildman–Crippen LogP) is 4.39. The largest absolute Gasteiger partial charge is 0.313 e. The van der Waals surface area contributed by atoms with E-state index >= 15 is 0 Å². The SMILES string of the molecule is CCNCc1ccc(-c2cc(C)ccc2C)c(C)c1. The Labute approximate surface area is 116 Å². The van der Waals surface area contributed by atoms with Crippen LogP contribution in [-0.4, -0.2) is 6.54 Å². The van der Waals surface area contributed by atoms with Crippen LogP contribution < -0.4 is 5.32 Å². The number of benzene rings is 2. The van der Waals surface area contributed by atoms with Gasteiger partial charge in [-0.25, -0.2) is 0 Å². The van der Waals surface area contributed by atoms with E-state index in [-0.39, 0.29) is 0 Å². The lowest BCUT2D eigenvalue weighted by Gasteiger charge is -2.12. The van der Waals surface area contributed by atoms with E-state index in [0.717, 1.165) is 13.1 Å². The van der Waals surface area contributed by atoms with Crippen LogP contribution in [0, 0.1) is 20.8 Å². The summed E-state index contributed by atoms with van der Waals surface area (Å²) in [5.74, 6) is 0. The highest BCUT2D eigenvalue weighted by Gasteiger charge is 2.06. The van der Waals surface area contributed by atoms with Gasteiger partial charge in [-0.2, -0.15) is 0 Å². The van der Waals surface area contributed by atoms with Crippen LogP contribution in [0.2, 0.25) is 0 Å². The molecule has 0 fully saturated rings. The molecule has 100 valence electrons. The topological polar surface area (TPSA) is 12.0 Å². The van der Waals surface area contributed by atoms with Gasteiger partial charge in [0.05, 0.1) is 0 Å². The van der Waals surface area contributed by atoms with Gasteiger partial charge in [0.1, 0.15) is 0 Å². The molecular formula is C18H23N. The molecule has 1 nitrogen and oxygen atoms in total. The molecule has 19 heavy (non-hydrogen) atoms. The third kappa shape index (κ3) is 3.24. The fraction of sp³-hybridized carbons (Fsp3) is 0.333. The van der Waals surface area contributed by atoms with Gasteiger partial charge in [-0.1, -0.05) is 48.9 Å². The van der Waals surface area contributed by atoms with Gasteiger partial charge in [0, 0.05) is 6.54 Å². The molecule has 1 heteroatoms. The van der Waals surface area contributed by atoms with Gasteiger partial charge >= 0.3 is 0 Å². The third-order valence-corrected chi connectivity index (χ3v) is 3.55. The summed E-state index contributed by atoms with van der Waals surface area (Å²) in [5, 5.41) is 3.37. The van der Waals surface area contributed by atoms with E-state index in [1.807, 2.05) is 0 Å². The Morgan fingerprint density at radius 2 is 1.63 bits per heavy atom. The molecular weight excluding hydrogens is 230 g/mol. The minimum absolute atomic E-state index is 0.949. The zero-order valence-electron chi connectivity index (χ0n) is 12.4. The van der Waals surface area contributed by atoms with E-state index in [0.29, 0.717) is 0 Å². The number of rotatable bonds is 4. The summed E-state index contributed by atoms with van der Waals surface area (Å²) in [6, 6.07) is 13.4. The van der Waals surface area contributed by atoms with Gasteiger partial charge in [0.2, 0.25) is 0 Å². The third-order valence-electron chi connectivity index (χ3n) is 3.55. The van der Waals surface area contributed by atoms with E-state index < -0.39 is 0 Å². The van der Waals surface area contributed by atoms with Crippen LogP contribution in [0.5, 0.6) is 0 Å². The van der Waals surface area contributed by atoms with Gasteiger partial charge in [-0.15, -0.1) is 0 Å². The number of hydrogen-bond acceptors (Lipinski definition) is 1. The molecule has 2 rings (SSSR count). The number of nitrogens with one attached hydrogen (secondary N) is 1. The van der Waals surface area contributed by atoms with Gasteiger partial charge in [0.25, 0.3) is 0 Å². The quantitative estimate of drug-likeness (QED) is 0.852. The second kappa shape index (κ2) is 6.03. The van der Waals surface area contributed by atoms with Crippen LogP contribution in [0.15, 0.2) is 36.4 Å². The van der Waals surface area contributed by atoms with Crippen LogP contribution >= 0.6 is 0 Å². The first-order valence-electron chi connectivity index (χ1n) is 6.99. The van der Waals surface area contributed by atoms with Crippen molar-refractivity contribution in [2.24, 2.45) is 0 Å². The molecule has 0 radical (unpaired) electrons. The van der Waals surface area contributed by atoms with Crippen LogP contribution in [-0.2, 0) is 6.54 Å². The lowest BCUT2D eigenvalue weighted by atomic mass is 9.94. The van der Waals surface area contributed by atoms with Gasteiger partial charge in [0.15, 0.2) is 0 Å².